The minimum absolute atomic E-state index is 0.210. The van der Waals surface area contributed by atoms with Crippen LogP contribution in [0.3, 0.4) is 0 Å². The lowest BCUT2D eigenvalue weighted by Crippen LogP contribution is -2.38. The molecule has 1 aliphatic rings. The Hall–Kier alpha value is -0.430. The van der Waals surface area contributed by atoms with Gasteiger partial charge in [0.2, 0.25) is 10.0 Å². The summed E-state index contributed by atoms with van der Waals surface area (Å²) in [5, 5.41) is 11.1. The van der Waals surface area contributed by atoms with Crippen LogP contribution in [0.4, 0.5) is 0 Å². The molecule has 1 aromatic rings. The maximum absolute atomic E-state index is 12.7. The van der Waals surface area contributed by atoms with E-state index in [1.54, 1.807) is 16.6 Å². The van der Waals surface area contributed by atoms with Crippen molar-refractivity contribution in [2.45, 2.75) is 44.6 Å². The van der Waals surface area contributed by atoms with Crippen molar-refractivity contribution in [1.29, 1.82) is 0 Å². The standard InChI is InChI=1S/C13H21NO3S2/c1-3-11-4-6-14(7-5-11)19(16,17)13-10(2)9-18-12(13)8-15/h9,11,15H,3-8H2,1-2H3. The Morgan fingerprint density at radius 1 is 1.42 bits per heavy atom. The lowest BCUT2D eigenvalue weighted by molar-refractivity contribution is 0.266. The van der Waals surface area contributed by atoms with E-state index in [0.29, 0.717) is 28.8 Å². The number of rotatable bonds is 4. The zero-order chi connectivity index (χ0) is 14.0. The SMILES string of the molecule is CCC1CCN(S(=O)(=O)c2c(C)csc2CO)CC1. The van der Waals surface area contributed by atoms with Crippen molar-refractivity contribution in [2.75, 3.05) is 13.1 Å². The van der Waals surface area contributed by atoms with Crippen molar-refractivity contribution in [3.63, 3.8) is 0 Å². The summed E-state index contributed by atoms with van der Waals surface area (Å²) in [4.78, 5) is 0.880. The number of hydrogen-bond donors (Lipinski definition) is 1. The fourth-order valence-corrected chi connectivity index (χ4v) is 5.71. The smallest absolute Gasteiger partial charge is 0.244 e. The molecule has 6 heteroatoms. The average molecular weight is 303 g/mol. The summed E-state index contributed by atoms with van der Waals surface area (Å²) in [5.41, 5.74) is 0.742. The molecule has 0 aromatic carbocycles. The van der Waals surface area contributed by atoms with Crippen LogP contribution in [-0.2, 0) is 16.6 Å². The first-order valence-electron chi connectivity index (χ1n) is 6.68. The van der Waals surface area contributed by atoms with Crippen molar-refractivity contribution >= 4 is 21.4 Å². The molecule has 0 aliphatic carbocycles. The third-order valence-corrected chi connectivity index (χ3v) is 7.23. The van der Waals surface area contributed by atoms with Crippen LogP contribution in [0.5, 0.6) is 0 Å². The fraction of sp³-hybridized carbons (Fsp3) is 0.692. The van der Waals surface area contributed by atoms with Gasteiger partial charge in [-0.2, -0.15) is 4.31 Å². The molecule has 0 atom stereocenters. The molecule has 19 heavy (non-hydrogen) atoms. The number of aliphatic hydroxyl groups excluding tert-OH is 1. The Morgan fingerprint density at radius 3 is 2.58 bits per heavy atom. The second-order valence-corrected chi connectivity index (χ2v) is 7.92. The van der Waals surface area contributed by atoms with E-state index in [2.05, 4.69) is 6.92 Å². The minimum atomic E-state index is -3.44. The summed E-state index contributed by atoms with van der Waals surface area (Å²) in [6.07, 6.45) is 2.99. The third-order valence-electron chi connectivity index (χ3n) is 3.88. The Kier molecular flexibility index (Phi) is 4.66. The quantitative estimate of drug-likeness (QED) is 0.929. The number of thiophene rings is 1. The number of aliphatic hydroxyl groups is 1. The summed E-state index contributed by atoms with van der Waals surface area (Å²) >= 11 is 1.32. The van der Waals surface area contributed by atoms with Gasteiger partial charge in [-0.1, -0.05) is 13.3 Å². The van der Waals surface area contributed by atoms with Crippen LogP contribution in [-0.4, -0.2) is 30.9 Å². The van der Waals surface area contributed by atoms with E-state index in [-0.39, 0.29) is 6.61 Å². The van der Waals surface area contributed by atoms with Crippen LogP contribution in [0.2, 0.25) is 0 Å². The summed E-state index contributed by atoms with van der Waals surface area (Å²) in [6.45, 7) is 4.93. The van der Waals surface area contributed by atoms with E-state index >= 15 is 0 Å². The molecule has 4 nitrogen and oxygen atoms in total. The van der Waals surface area contributed by atoms with Crippen molar-refractivity contribution < 1.29 is 13.5 Å². The molecule has 0 bridgehead atoms. The highest BCUT2D eigenvalue weighted by Gasteiger charge is 2.32. The topological polar surface area (TPSA) is 57.6 Å². The molecule has 1 N–H and O–H groups in total. The van der Waals surface area contributed by atoms with Crippen LogP contribution >= 0.6 is 11.3 Å². The third kappa shape index (κ3) is 2.86. The van der Waals surface area contributed by atoms with Crippen LogP contribution in [0.15, 0.2) is 10.3 Å². The zero-order valence-corrected chi connectivity index (χ0v) is 13.1. The van der Waals surface area contributed by atoms with Gasteiger partial charge >= 0.3 is 0 Å². The Morgan fingerprint density at radius 2 is 2.05 bits per heavy atom. The number of nitrogens with zero attached hydrogens (tertiary/aromatic N) is 1. The van der Waals surface area contributed by atoms with Gasteiger partial charge in [0.05, 0.1) is 11.5 Å². The molecule has 2 rings (SSSR count). The van der Waals surface area contributed by atoms with E-state index in [9.17, 15) is 13.5 Å². The highest BCUT2D eigenvalue weighted by Crippen LogP contribution is 2.32. The maximum Gasteiger partial charge on any atom is 0.244 e. The molecule has 0 radical (unpaired) electrons. The molecule has 0 saturated carbocycles. The van der Waals surface area contributed by atoms with E-state index in [4.69, 9.17) is 0 Å². The van der Waals surface area contributed by atoms with E-state index in [1.165, 1.54) is 11.3 Å². The van der Waals surface area contributed by atoms with Crippen molar-refractivity contribution in [2.24, 2.45) is 5.92 Å². The lowest BCUT2D eigenvalue weighted by Gasteiger charge is -2.30. The summed E-state index contributed by atoms with van der Waals surface area (Å²) < 4.78 is 26.9. The van der Waals surface area contributed by atoms with Gasteiger partial charge in [0, 0.05) is 13.1 Å². The zero-order valence-electron chi connectivity index (χ0n) is 11.4. The highest BCUT2D eigenvalue weighted by atomic mass is 32.2. The molecule has 1 fully saturated rings. The van der Waals surface area contributed by atoms with E-state index < -0.39 is 10.0 Å². The predicted octanol–water partition coefficient (Wildman–Crippen LogP) is 2.36. The Bertz CT molecular complexity index is 528. The normalized spacial score (nSPS) is 18.9. The summed E-state index contributed by atoms with van der Waals surface area (Å²) in [6, 6.07) is 0. The van der Waals surface area contributed by atoms with Gasteiger partial charge < -0.3 is 5.11 Å². The lowest BCUT2D eigenvalue weighted by atomic mass is 9.96. The molecule has 2 heterocycles. The molecular formula is C13H21NO3S2. The first kappa shape index (κ1) is 15.0. The first-order chi connectivity index (χ1) is 9.00. The second-order valence-electron chi connectivity index (χ2n) is 5.08. The molecule has 0 amide bonds. The molecule has 0 spiro atoms. The van der Waals surface area contributed by atoms with Gasteiger partial charge in [-0.05, 0) is 36.6 Å². The number of piperidine rings is 1. The monoisotopic (exact) mass is 303 g/mol. The Labute approximate surface area is 119 Å². The predicted molar refractivity (Wildman–Crippen MR) is 76.8 cm³/mol. The number of aryl methyl sites for hydroxylation is 1. The van der Waals surface area contributed by atoms with Gasteiger partial charge in [-0.15, -0.1) is 11.3 Å². The maximum atomic E-state index is 12.7. The largest absolute Gasteiger partial charge is 0.391 e. The molecule has 108 valence electrons. The van der Waals surface area contributed by atoms with Gasteiger partial charge in [0.15, 0.2) is 0 Å². The highest BCUT2D eigenvalue weighted by molar-refractivity contribution is 7.89. The summed E-state index contributed by atoms with van der Waals surface area (Å²) in [5.74, 6) is 0.646. The molecule has 1 aromatic heterocycles. The van der Waals surface area contributed by atoms with Crippen LogP contribution in [0.1, 0.15) is 36.6 Å². The molecule has 1 aliphatic heterocycles. The Balaban J connectivity index is 2.26. The van der Waals surface area contributed by atoms with E-state index in [0.717, 1.165) is 24.8 Å². The van der Waals surface area contributed by atoms with Crippen LogP contribution < -0.4 is 0 Å². The number of hydrogen-bond acceptors (Lipinski definition) is 4. The van der Waals surface area contributed by atoms with Crippen molar-refractivity contribution in [3.05, 3.63) is 15.8 Å². The van der Waals surface area contributed by atoms with Gasteiger partial charge in [-0.3, -0.25) is 0 Å². The fourth-order valence-electron chi connectivity index (χ4n) is 2.63. The summed E-state index contributed by atoms with van der Waals surface area (Å²) in [7, 11) is -3.44. The van der Waals surface area contributed by atoms with Crippen molar-refractivity contribution in [1.82, 2.24) is 4.31 Å². The van der Waals surface area contributed by atoms with Crippen LogP contribution in [0, 0.1) is 12.8 Å². The van der Waals surface area contributed by atoms with E-state index in [1.807, 2.05) is 0 Å². The second kappa shape index (κ2) is 5.91. The molecule has 0 unspecified atom stereocenters. The van der Waals surface area contributed by atoms with Gasteiger partial charge in [0.1, 0.15) is 4.90 Å². The average Bonchev–Trinajstić information content (AvgIpc) is 2.80. The number of sulfonamides is 1. The minimum Gasteiger partial charge on any atom is -0.391 e. The van der Waals surface area contributed by atoms with Crippen LogP contribution in [0.25, 0.3) is 0 Å². The van der Waals surface area contributed by atoms with Gasteiger partial charge in [0.25, 0.3) is 0 Å². The molecular weight excluding hydrogens is 282 g/mol. The molecule has 1 saturated heterocycles. The first-order valence-corrected chi connectivity index (χ1v) is 9.00. The van der Waals surface area contributed by atoms with Crippen molar-refractivity contribution in [3.8, 4) is 0 Å². The van der Waals surface area contributed by atoms with Gasteiger partial charge in [-0.25, -0.2) is 8.42 Å².